The van der Waals surface area contributed by atoms with Crippen LogP contribution in [-0.4, -0.2) is 16.8 Å². The average Bonchev–Trinajstić information content (AvgIpc) is 1.65. The van der Waals surface area contributed by atoms with Crippen LogP contribution in [0.3, 0.4) is 0 Å². The molecule has 1 atom stereocenters. The molecular weight excluding hydrogens is 144 g/mol. The van der Waals surface area contributed by atoms with Gasteiger partial charge in [0, 0.05) is 6.92 Å². The van der Waals surface area contributed by atoms with Crippen LogP contribution in [0.5, 0.6) is 0 Å². The maximum absolute atomic E-state index is 10.1. The first-order chi connectivity index (χ1) is 4.00. The van der Waals surface area contributed by atoms with Gasteiger partial charge in [0.25, 0.3) is 5.72 Å². The van der Waals surface area contributed by atoms with E-state index in [1.165, 1.54) is 0 Å². The summed E-state index contributed by atoms with van der Waals surface area (Å²) in [7, 11) is 0. The van der Waals surface area contributed by atoms with Gasteiger partial charge in [-0.3, -0.25) is 5.73 Å². The molecule has 0 rings (SSSR count). The molecule has 0 saturated carbocycles. The summed E-state index contributed by atoms with van der Waals surface area (Å²) < 4.78 is 2.71. The summed E-state index contributed by atoms with van der Waals surface area (Å²) in [5.41, 5.74) is 3.18. The third kappa shape index (κ3) is 2.34. The first kappa shape index (κ1) is 8.25. The van der Waals surface area contributed by atoms with Crippen LogP contribution in [0.4, 0.5) is 0 Å². The quantitative estimate of drug-likeness (QED) is 0.415. The number of rotatable bonds is 3. The molecule has 3 N–H and O–H groups in total. The molecule has 5 nitrogen and oxygen atoms in total. The van der Waals surface area contributed by atoms with Gasteiger partial charge < -0.3 is 9.94 Å². The summed E-state index contributed by atoms with van der Waals surface area (Å²) in [5.74, 6) is -1.31. The van der Waals surface area contributed by atoms with Gasteiger partial charge in [-0.1, -0.05) is 0 Å². The standard InChI is InChI=1S/C3H6N2O3S/c1-3(4,2(6)7)8-5-9/h4H2,1H3,(H,6,7). The third-order valence-electron chi connectivity index (χ3n) is 0.652. The van der Waals surface area contributed by atoms with Crippen molar-refractivity contribution >= 4 is 18.4 Å². The minimum Gasteiger partial charge on any atom is -0.477 e. The molecule has 0 aliphatic rings. The summed E-state index contributed by atoms with van der Waals surface area (Å²) in [6.45, 7) is 1.14. The van der Waals surface area contributed by atoms with E-state index in [4.69, 9.17) is 10.8 Å². The van der Waals surface area contributed by atoms with Crippen LogP contribution >= 0.6 is 0 Å². The second kappa shape index (κ2) is 2.70. The van der Waals surface area contributed by atoms with Crippen molar-refractivity contribution in [2.75, 3.05) is 0 Å². The van der Waals surface area contributed by atoms with Crippen LogP contribution in [0.15, 0.2) is 4.53 Å². The smallest absolute Gasteiger partial charge is 0.366 e. The lowest BCUT2D eigenvalue weighted by Gasteiger charge is -2.13. The maximum atomic E-state index is 10.1. The molecule has 0 spiro atoms. The van der Waals surface area contributed by atoms with Gasteiger partial charge in [0.2, 0.25) is 0 Å². The van der Waals surface area contributed by atoms with Crippen molar-refractivity contribution in [1.82, 2.24) is 0 Å². The van der Waals surface area contributed by atoms with Gasteiger partial charge >= 0.3 is 5.97 Å². The molecule has 0 aliphatic carbocycles. The maximum Gasteiger partial charge on any atom is 0.366 e. The second-order valence-corrected chi connectivity index (χ2v) is 1.73. The van der Waals surface area contributed by atoms with Gasteiger partial charge in [0.15, 0.2) is 0 Å². The average molecular weight is 150 g/mol. The largest absolute Gasteiger partial charge is 0.477 e. The first-order valence-electron chi connectivity index (χ1n) is 2.04. The van der Waals surface area contributed by atoms with Gasteiger partial charge in [-0.15, -0.1) is 0 Å². The fourth-order valence-corrected chi connectivity index (χ4v) is 0.271. The Kier molecular flexibility index (Phi) is 2.47. The molecule has 0 radical (unpaired) electrons. The molecule has 0 saturated heterocycles. The van der Waals surface area contributed by atoms with Gasteiger partial charge in [0.05, 0.1) is 12.4 Å². The molecule has 1 unspecified atom stereocenters. The lowest BCUT2D eigenvalue weighted by atomic mass is 10.3. The Bertz CT molecular complexity index is 135. The summed E-state index contributed by atoms with van der Waals surface area (Å²) >= 11 is 3.98. The molecule has 0 aromatic carbocycles. The van der Waals surface area contributed by atoms with Crippen LogP contribution in [-0.2, 0) is 22.1 Å². The van der Waals surface area contributed by atoms with Crippen molar-refractivity contribution in [2.24, 2.45) is 10.3 Å². The number of aliphatic carboxylic acids is 1. The topological polar surface area (TPSA) is 84.9 Å². The van der Waals surface area contributed by atoms with Crippen LogP contribution in [0.2, 0.25) is 0 Å². The van der Waals surface area contributed by atoms with Crippen LogP contribution in [0.1, 0.15) is 6.92 Å². The molecule has 52 valence electrons. The second-order valence-electron chi connectivity index (χ2n) is 1.58. The number of hydrogen-bond acceptors (Lipinski definition) is 5. The zero-order valence-electron chi connectivity index (χ0n) is 4.70. The minimum absolute atomic E-state index is 1.14. The van der Waals surface area contributed by atoms with E-state index >= 15 is 0 Å². The number of carboxylic acid groups (broad SMARTS) is 1. The first-order valence-corrected chi connectivity index (χ1v) is 2.40. The number of hydrogen-bond donors (Lipinski definition) is 2. The van der Waals surface area contributed by atoms with E-state index in [0.29, 0.717) is 0 Å². The highest BCUT2D eigenvalue weighted by Gasteiger charge is 2.30. The molecule has 0 bridgehead atoms. The molecule has 0 amide bonds. The predicted molar refractivity (Wildman–Crippen MR) is 31.1 cm³/mol. The van der Waals surface area contributed by atoms with Gasteiger partial charge in [0.1, 0.15) is 0 Å². The van der Waals surface area contributed by atoms with E-state index in [0.717, 1.165) is 6.92 Å². The lowest BCUT2D eigenvalue weighted by Crippen LogP contribution is -2.46. The SMILES string of the molecule is CC(N)(ON=S)C(=O)O. The van der Waals surface area contributed by atoms with Gasteiger partial charge in [-0.2, -0.15) is 0 Å². The summed E-state index contributed by atoms with van der Waals surface area (Å²) in [6.07, 6.45) is 0. The summed E-state index contributed by atoms with van der Waals surface area (Å²) in [5, 5.41) is 8.22. The Labute approximate surface area is 56.9 Å². The number of carboxylic acids is 1. The molecule has 0 aromatic heterocycles. The Hall–Kier alpha value is -0.750. The molecule has 0 heterocycles. The van der Waals surface area contributed by atoms with Crippen molar-refractivity contribution in [3.05, 3.63) is 0 Å². The zero-order chi connectivity index (χ0) is 7.49. The Morgan fingerprint density at radius 3 is 2.56 bits per heavy atom. The zero-order valence-corrected chi connectivity index (χ0v) is 5.51. The van der Waals surface area contributed by atoms with Crippen LogP contribution < -0.4 is 5.73 Å². The monoisotopic (exact) mass is 150 g/mol. The normalized spacial score (nSPS) is 15.8. The van der Waals surface area contributed by atoms with Crippen molar-refractivity contribution < 1.29 is 14.7 Å². The van der Waals surface area contributed by atoms with Crippen LogP contribution in [0, 0.1) is 0 Å². The van der Waals surface area contributed by atoms with E-state index in [2.05, 4.69) is 21.8 Å². The molecular formula is C3H6N2O3S. The van der Waals surface area contributed by atoms with E-state index in [9.17, 15) is 4.79 Å². The predicted octanol–water partition coefficient (Wildman–Crippen LogP) is -0.592. The number of nitrogens with two attached hydrogens (primary N) is 1. The van der Waals surface area contributed by atoms with Crippen molar-refractivity contribution in [3.8, 4) is 0 Å². The van der Waals surface area contributed by atoms with E-state index in [1.54, 1.807) is 0 Å². The van der Waals surface area contributed by atoms with Crippen molar-refractivity contribution in [3.63, 3.8) is 0 Å². The molecule has 0 aliphatic heterocycles. The Morgan fingerprint density at radius 2 is 2.44 bits per heavy atom. The molecule has 0 aromatic rings. The fraction of sp³-hybridized carbons (Fsp3) is 0.667. The van der Waals surface area contributed by atoms with Crippen molar-refractivity contribution in [2.45, 2.75) is 12.6 Å². The Morgan fingerprint density at radius 1 is 2.00 bits per heavy atom. The highest BCUT2D eigenvalue weighted by atomic mass is 32.1. The van der Waals surface area contributed by atoms with E-state index in [-0.39, 0.29) is 0 Å². The highest BCUT2D eigenvalue weighted by Crippen LogP contribution is 2.00. The lowest BCUT2D eigenvalue weighted by molar-refractivity contribution is -0.162. The number of nitrogens with zero attached hydrogens (tertiary/aromatic N) is 1. The molecule has 6 heteroatoms. The van der Waals surface area contributed by atoms with Gasteiger partial charge in [-0.25, -0.2) is 4.79 Å². The van der Waals surface area contributed by atoms with Gasteiger partial charge in [-0.05, 0) is 4.53 Å². The van der Waals surface area contributed by atoms with Crippen molar-refractivity contribution in [1.29, 1.82) is 0 Å². The van der Waals surface area contributed by atoms with E-state index in [1.807, 2.05) is 0 Å². The third-order valence-corrected chi connectivity index (χ3v) is 0.726. The summed E-state index contributed by atoms with van der Waals surface area (Å²) in [4.78, 5) is 14.2. The molecule has 0 fully saturated rings. The van der Waals surface area contributed by atoms with E-state index < -0.39 is 11.7 Å². The molecule has 9 heavy (non-hydrogen) atoms. The summed E-state index contributed by atoms with van der Waals surface area (Å²) in [6, 6.07) is 0. The minimum atomic E-state index is -1.80. The Balaban J connectivity index is 4.00. The highest BCUT2D eigenvalue weighted by molar-refractivity contribution is 7.47. The number of carbonyl (C=O) groups is 1. The van der Waals surface area contributed by atoms with Crippen LogP contribution in [0.25, 0.3) is 0 Å². The fourth-order valence-electron chi connectivity index (χ4n) is 0.116.